The number of furan rings is 1. The van der Waals surface area contributed by atoms with Gasteiger partial charge in [-0.05, 0) is 49.1 Å². The van der Waals surface area contributed by atoms with Gasteiger partial charge in [-0.2, -0.15) is 0 Å². The van der Waals surface area contributed by atoms with Gasteiger partial charge in [-0.15, -0.1) is 0 Å². The van der Waals surface area contributed by atoms with Crippen LogP contribution in [0, 0.1) is 6.92 Å². The second kappa shape index (κ2) is 8.45. The number of nitrogens with zero attached hydrogens (tertiary/aromatic N) is 1. The van der Waals surface area contributed by atoms with Gasteiger partial charge in [0.05, 0.1) is 0 Å². The summed E-state index contributed by atoms with van der Waals surface area (Å²) < 4.78 is 11.5. The fourth-order valence-corrected chi connectivity index (χ4v) is 3.71. The van der Waals surface area contributed by atoms with Crippen LogP contribution in [-0.4, -0.2) is 34.5 Å². The van der Waals surface area contributed by atoms with E-state index < -0.39 is 12.0 Å². The quantitative estimate of drug-likeness (QED) is 0.652. The zero-order valence-electron chi connectivity index (χ0n) is 16.7. The Balaban J connectivity index is 1.42. The van der Waals surface area contributed by atoms with Crippen LogP contribution in [0.15, 0.2) is 65.1 Å². The average molecular weight is 405 g/mol. The highest BCUT2D eigenvalue weighted by Gasteiger charge is 2.35. The molecule has 1 amide bonds. The first-order valence-corrected chi connectivity index (χ1v) is 9.94. The minimum absolute atomic E-state index is 0.152. The lowest BCUT2D eigenvalue weighted by Gasteiger charge is -2.19. The van der Waals surface area contributed by atoms with Gasteiger partial charge in [-0.3, -0.25) is 4.79 Å². The second-order valence-corrected chi connectivity index (χ2v) is 7.37. The number of carbonyl (C=O) groups is 2. The normalized spacial score (nSPS) is 15.9. The molecule has 1 atom stereocenters. The summed E-state index contributed by atoms with van der Waals surface area (Å²) in [5, 5.41) is 9.30. The molecule has 1 aromatic heterocycles. The van der Waals surface area contributed by atoms with Crippen LogP contribution in [0.4, 0.5) is 0 Å². The minimum Gasteiger partial charge on any atom is -0.489 e. The summed E-state index contributed by atoms with van der Waals surface area (Å²) in [6.45, 7) is 2.46. The van der Waals surface area contributed by atoms with Crippen molar-refractivity contribution < 1.29 is 23.8 Å². The molecule has 0 radical (unpaired) electrons. The standard InChI is InChI=1S/C24H23NO5/c1-16-19(14-22(30-16)23(26)25-13-5-8-21(25)24(27)28)15-29-20-11-9-18(10-12-20)17-6-3-2-4-7-17/h2-4,6-7,9-12,14,21H,5,8,13,15H2,1H3,(H,27,28). The van der Waals surface area contributed by atoms with Crippen LogP contribution in [-0.2, 0) is 11.4 Å². The number of hydrogen-bond donors (Lipinski definition) is 1. The SMILES string of the molecule is Cc1oc(C(=O)N2CCCC2C(=O)O)cc1COc1ccc(-c2ccccc2)cc1. The molecule has 1 aliphatic rings. The van der Waals surface area contributed by atoms with E-state index in [1.807, 2.05) is 42.5 Å². The summed E-state index contributed by atoms with van der Waals surface area (Å²) in [6.07, 6.45) is 1.15. The Kier molecular flexibility index (Phi) is 5.57. The molecule has 4 rings (SSSR count). The first kappa shape index (κ1) is 19.8. The van der Waals surface area contributed by atoms with Crippen molar-refractivity contribution in [2.75, 3.05) is 6.54 Å². The van der Waals surface area contributed by atoms with E-state index in [-0.39, 0.29) is 18.3 Å². The zero-order valence-corrected chi connectivity index (χ0v) is 16.7. The zero-order chi connectivity index (χ0) is 21.1. The average Bonchev–Trinajstić information content (AvgIpc) is 3.40. The minimum atomic E-state index is -0.980. The van der Waals surface area contributed by atoms with Crippen molar-refractivity contribution in [3.8, 4) is 16.9 Å². The molecule has 30 heavy (non-hydrogen) atoms. The first-order chi connectivity index (χ1) is 14.5. The Morgan fingerprint density at radius 2 is 1.80 bits per heavy atom. The number of carboxylic acid groups (broad SMARTS) is 1. The van der Waals surface area contributed by atoms with E-state index in [1.165, 1.54) is 4.90 Å². The van der Waals surface area contributed by atoms with Gasteiger partial charge in [-0.25, -0.2) is 4.79 Å². The Labute approximate surface area is 174 Å². The van der Waals surface area contributed by atoms with Gasteiger partial charge in [-0.1, -0.05) is 42.5 Å². The molecule has 6 heteroatoms. The number of aliphatic carboxylic acids is 1. The summed E-state index contributed by atoms with van der Waals surface area (Å²) in [5.74, 6) is 0.0887. The molecule has 1 N–H and O–H groups in total. The molecule has 3 aromatic rings. The molecule has 1 saturated heterocycles. The van der Waals surface area contributed by atoms with Crippen molar-refractivity contribution in [3.63, 3.8) is 0 Å². The van der Waals surface area contributed by atoms with Crippen LogP contribution in [0.5, 0.6) is 5.75 Å². The van der Waals surface area contributed by atoms with Crippen molar-refractivity contribution in [1.82, 2.24) is 4.90 Å². The molecule has 1 unspecified atom stereocenters. The van der Waals surface area contributed by atoms with Gasteiger partial charge < -0.3 is 19.2 Å². The molecule has 2 aromatic carbocycles. The Morgan fingerprint density at radius 1 is 1.10 bits per heavy atom. The number of amides is 1. The lowest BCUT2D eigenvalue weighted by Crippen LogP contribution is -2.40. The van der Waals surface area contributed by atoms with E-state index in [4.69, 9.17) is 9.15 Å². The van der Waals surface area contributed by atoms with Crippen LogP contribution in [0.2, 0.25) is 0 Å². The number of hydrogen-bond acceptors (Lipinski definition) is 4. The van der Waals surface area contributed by atoms with E-state index in [0.29, 0.717) is 30.9 Å². The first-order valence-electron chi connectivity index (χ1n) is 9.94. The van der Waals surface area contributed by atoms with Crippen molar-refractivity contribution >= 4 is 11.9 Å². The molecule has 154 valence electrons. The van der Waals surface area contributed by atoms with Crippen molar-refractivity contribution in [2.45, 2.75) is 32.4 Å². The van der Waals surface area contributed by atoms with E-state index in [0.717, 1.165) is 16.7 Å². The molecule has 2 heterocycles. The Hall–Kier alpha value is -3.54. The van der Waals surface area contributed by atoms with Gasteiger partial charge in [0.2, 0.25) is 0 Å². The lowest BCUT2D eigenvalue weighted by atomic mass is 10.1. The van der Waals surface area contributed by atoms with Gasteiger partial charge in [0.15, 0.2) is 5.76 Å². The summed E-state index contributed by atoms with van der Waals surface area (Å²) in [5.41, 5.74) is 3.00. The van der Waals surface area contributed by atoms with Gasteiger partial charge in [0.1, 0.15) is 24.2 Å². The van der Waals surface area contributed by atoms with Crippen molar-refractivity contribution in [1.29, 1.82) is 0 Å². The topological polar surface area (TPSA) is 80.0 Å². The predicted molar refractivity (Wildman–Crippen MR) is 111 cm³/mol. The molecule has 1 fully saturated rings. The summed E-state index contributed by atoms with van der Waals surface area (Å²) in [6, 6.07) is 18.8. The lowest BCUT2D eigenvalue weighted by molar-refractivity contribution is -0.141. The molecule has 0 bridgehead atoms. The molecule has 0 saturated carbocycles. The molecule has 0 aliphatic carbocycles. The van der Waals surface area contributed by atoms with E-state index in [2.05, 4.69) is 12.1 Å². The molecular formula is C24H23NO5. The maximum atomic E-state index is 12.7. The van der Waals surface area contributed by atoms with E-state index >= 15 is 0 Å². The van der Waals surface area contributed by atoms with Crippen molar-refractivity contribution in [3.05, 3.63) is 77.7 Å². The summed E-state index contributed by atoms with van der Waals surface area (Å²) in [4.78, 5) is 25.4. The van der Waals surface area contributed by atoms with Gasteiger partial charge in [0.25, 0.3) is 5.91 Å². The van der Waals surface area contributed by atoms with Crippen molar-refractivity contribution in [2.24, 2.45) is 0 Å². The number of benzene rings is 2. The number of carboxylic acids is 1. The second-order valence-electron chi connectivity index (χ2n) is 7.37. The molecule has 1 aliphatic heterocycles. The largest absolute Gasteiger partial charge is 0.489 e. The third-order valence-corrected chi connectivity index (χ3v) is 5.39. The highest BCUT2D eigenvalue weighted by Crippen LogP contribution is 2.25. The number of aryl methyl sites for hydroxylation is 1. The monoisotopic (exact) mass is 405 g/mol. The summed E-state index contributed by atoms with van der Waals surface area (Å²) in [7, 11) is 0. The number of likely N-dealkylation sites (tertiary alicyclic amines) is 1. The number of carbonyl (C=O) groups excluding carboxylic acids is 1. The van der Waals surface area contributed by atoms with E-state index in [9.17, 15) is 14.7 Å². The Bertz CT molecular complexity index is 1040. The number of ether oxygens (including phenoxy) is 1. The molecule has 6 nitrogen and oxygen atoms in total. The van der Waals surface area contributed by atoms with Crippen LogP contribution in [0.3, 0.4) is 0 Å². The van der Waals surface area contributed by atoms with Crippen LogP contribution in [0.25, 0.3) is 11.1 Å². The fourth-order valence-electron chi connectivity index (χ4n) is 3.71. The van der Waals surface area contributed by atoms with Gasteiger partial charge in [0, 0.05) is 12.1 Å². The third kappa shape index (κ3) is 4.08. The smallest absolute Gasteiger partial charge is 0.326 e. The highest BCUT2D eigenvalue weighted by molar-refractivity contribution is 5.95. The number of rotatable bonds is 6. The summed E-state index contributed by atoms with van der Waals surface area (Å²) >= 11 is 0. The van der Waals surface area contributed by atoms with Crippen LogP contribution < -0.4 is 4.74 Å². The fraction of sp³-hybridized carbons (Fsp3) is 0.250. The Morgan fingerprint density at radius 3 is 2.50 bits per heavy atom. The predicted octanol–water partition coefficient (Wildman–Crippen LogP) is 4.52. The maximum Gasteiger partial charge on any atom is 0.326 e. The molecular weight excluding hydrogens is 382 g/mol. The van der Waals surface area contributed by atoms with Gasteiger partial charge >= 0.3 is 5.97 Å². The highest BCUT2D eigenvalue weighted by atomic mass is 16.5. The van der Waals surface area contributed by atoms with E-state index in [1.54, 1.807) is 13.0 Å². The maximum absolute atomic E-state index is 12.7. The molecule has 0 spiro atoms. The third-order valence-electron chi connectivity index (χ3n) is 5.39. The van der Waals surface area contributed by atoms with Crippen LogP contribution in [0.1, 0.15) is 34.7 Å². The van der Waals surface area contributed by atoms with Crippen LogP contribution >= 0.6 is 0 Å².